The summed E-state index contributed by atoms with van der Waals surface area (Å²) < 4.78 is 42.1. The van der Waals surface area contributed by atoms with Crippen LogP contribution in [0, 0.1) is 12.3 Å². The molecule has 6 heteroatoms. The van der Waals surface area contributed by atoms with E-state index in [2.05, 4.69) is 10.9 Å². The van der Waals surface area contributed by atoms with Crippen molar-refractivity contribution in [2.75, 3.05) is 0 Å². The molecule has 0 saturated carbocycles. The van der Waals surface area contributed by atoms with Crippen LogP contribution in [0.5, 0.6) is 5.88 Å². The number of aromatic nitrogens is 1. The summed E-state index contributed by atoms with van der Waals surface area (Å²) in [6.07, 6.45) is -0.146. The Kier molecular flexibility index (Phi) is 3.66. The van der Waals surface area contributed by atoms with E-state index in [4.69, 9.17) is 22.8 Å². The highest BCUT2D eigenvalue weighted by Crippen LogP contribution is 2.32. The Morgan fingerprint density at radius 2 is 2.12 bits per heavy atom. The van der Waals surface area contributed by atoms with Crippen molar-refractivity contribution in [3.05, 3.63) is 22.8 Å². The third kappa shape index (κ3) is 3.31. The fourth-order valence-electron chi connectivity index (χ4n) is 0.912. The Bertz CT molecular complexity index is 425. The second-order valence-electron chi connectivity index (χ2n) is 2.94. The average Bonchev–Trinajstić information content (AvgIpc) is 2.15. The number of hydrogen-bond donors (Lipinski definition) is 0. The van der Waals surface area contributed by atoms with Crippen molar-refractivity contribution in [2.45, 2.75) is 19.2 Å². The molecular weight excluding hydrogens is 243 g/mol. The van der Waals surface area contributed by atoms with Crippen LogP contribution in [-0.2, 0) is 6.18 Å². The number of terminal acetylenes is 1. The molecule has 0 bridgehead atoms. The van der Waals surface area contributed by atoms with Gasteiger partial charge in [0.25, 0.3) is 0 Å². The van der Waals surface area contributed by atoms with Crippen LogP contribution in [0.4, 0.5) is 13.2 Å². The Hall–Kier alpha value is -1.41. The molecule has 0 fully saturated rings. The lowest BCUT2D eigenvalue weighted by Gasteiger charge is -2.11. The van der Waals surface area contributed by atoms with Crippen molar-refractivity contribution in [3.8, 4) is 18.2 Å². The van der Waals surface area contributed by atoms with E-state index >= 15 is 0 Å². The minimum atomic E-state index is -4.50. The van der Waals surface area contributed by atoms with Gasteiger partial charge in [0.1, 0.15) is 5.15 Å². The van der Waals surface area contributed by atoms with Gasteiger partial charge in [0.15, 0.2) is 6.10 Å². The molecular formula is C10H7ClF3NO. The number of alkyl halides is 3. The fraction of sp³-hybridized carbons (Fsp3) is 0.300. The van der Waals surface area contributed by atoms with E-state index in [9.17, 15) is 13.2 Å². The number of nitrogens with zero attached hydrogens (tertiary/aromatic N) is 1. The predicted molar refractivity (Wildman–Crippen MR) is 53.2 cm³/mol. The predicted octanol–water partition coefficient (Wildman–Crippen LogP) is 3.15. The van der Waals surface area contributed by atoms with E-state index in [1.54, 1.807) is 0 Å². The van der Waals surface area contributed by atoms with Crippen molar-refractivity contribution < 1.29 is 17.9 Å². The van der Waals surface area contributed by atoms with E-state index in [-0.39, 0.29) is 11.0 Å². The van der Waals surface area contributed by atoms with Crippen molar-refractivity contribution in [2.24, 2.45) is 0 Å². The molecule has 16 heavy (non-hydrogen) atoms. The van der Waals surface area contributed by atoms with Gasteiger partial charge in [-0.25, -0.2) is 4.98 Å². The molecule has 1 atom stereocenters. The zero-order chi connectivity index (χ0) is 12.3. The van der Waals surface area contributed by atoms with Gasteiger partial charge in [0.2, 0.25) is 5.88 Å². The first-order valence-electron chi connectivity index (χ1n) is 4.20. The first-order valence-corrected chi connectivity index (χ1v) is 4.58. The first kappa shape index (κ1) is 12.7. The minimum Gasteiger partial charge on any atom is -0.461 e. The van der Waals surface area contributed by atoms with Crippen LogP contribution in [0.2, 0.25) is 5.15 Å². The van der Waals surface area contributed by atoms with Crippen LogP contribution in [-0.4, -0.2) is 11.1 Å². The maximum absolute atomic E-state index is 12.4. The molecule has 0 spiro atoms. The minimum absolute atomic E-state index is 0.245. The summed E-state index contributed by atoms with van der Waals surface area (Å²) in [7, 11) is 0. The molecule has 0 aliphatic rings. The summed E-state index contributed by atoms with van der Waals surface area (Å²) in [5, 5.41) is -0.297. The summed E-state index contributed by atoms with van der Waals surface area (Å²) in [4.78, 5) is 3.58. The number of pyridine rings is 1. The lowest BCUT2D eigenvalue weighted by Crippen LogP contribution is -2.11. The molecule has 0 saturated heterocycles. The quantitative estimate of drug-likeness (QED) is 0.593. The van der Waals surface area contributed by atoms with E-state index < -0.39 is 17.8 Å². The fourth-order valence-corrected chi connectivity index (χ4v) is 1.11. The summed E-state index contributed by atoms with van der Waals surface area (Å²) in [5.41, 5.74) is -0.924. The van der Waals surface area contributed by atoms with Gasteiger partial charge in [-0.1, -0.05) is 17.5 Å². The number of rotatable bonds is 2. The Labute approximate surface area is 95.4 Å². The van der Waals surface area contributed by atoms with E-state index in [0.29, 0.717) is 0 Å². The highest BCUT2D eigenvalue weighted by molar-refractivity contribution is 6.29. The SMILES string of the molecule is C#CC(C)Oc1cc(C(F)(F)F)cc(Cl)n1. The smallest absolute Gasteiger partial charge is 0.416 e. The van der Waals surface area contributed by atoms with Gasteiger partial charge in [-0.15, -0.1) is 6.42 Å². The monoisotopic (exact) mass is 249 g/mol. The van der Waals surface area contributed by atoms with Crippen LogP contribution < -0.4 is 4.74 Å². The largest absolute Gasteiger partial charge is 0.461 e. The van der Waals surface area contributed by atoms with Gasteiger partial charge in [-0.3, -0.25) is 0 Å². The van der Waals surface area contributed by atoms with Crippen LogP contribution in [0.3, 0.4) is 0 Å². The van der Waals surface area contributed by atoms with Crippen LogP contribution in [0.15, 0.2) is 12.1 Å². The molecule has 1 unspecified atom stereocenters. The molecule has 1 heterocycles. The van der Waals surface area contributed by atoms with E-state index in [1.807, 2.05) is 0 Å². The van der Waals surface area contributed by atoms with Gasteiger partial charge < -0.3 is 4.74 Å². The van der Waals surface area contributed by atoms with Crippen LogP contribution in [0.1, 0.15) is 12.5 Å². The maximum atomic E-state index is 12.4. The molecule has 1 aromatic heterocycles. The second kappa shape index (κ2) is 4.62. The molecule has 0 amide bonds. The van der Waals surface area contributed by atoms with Gasteiger partial charge >= 0.3 is 6.18 Å². The molecule has 86 valence electrons. The lowest BCUT2D eigenvalue weighted by atomic mass is 10.2. The van der Waals surface area contributed by atoms with Gasteiger partial charge in [0.05, 0.1) is 5.56 Å². The Morgan fingerprint density at radius 1 is 1.50 bits per heavy atom. The number of ether oxygens (including phenoxy) is 1. The maximum Gasteiger partial charge on any atom is 0.416 e. The molecule has 2 nitrogen and oxygen atoms in total. The van der Waals surface area contributed by atoms with Gasteiger partial charge in [0, 0.05) is 6.07 Å². The molecule has 0 aliphatic carbocycles. The standard InChI is InChI=1S/C10H7ClF3NO/c1-3-6(2)16-9-5-7(10(12,13)14)4-8(11)15-9/h1,4-6H,2H3. The van der Waals surface area contributed by atoms with E-state index in [1.165, 1.54) is 6.92 Å². The normalized spacial score (nSPS) is 13.0. The van der Waals surface area contributed by atoms with Crippen molar-refractivity contribution in [3.63, 3.8) is 0 Å². The zero-order valence-corrected chi connectivity index (χ0v) is 8.93. The Morgan fingerprint density at radius 3 is 2.62 bits per heavy atom. The summed E-state index contributed by atoms with van der Waals surface area (Å²) in [6.45, 7) is 1.51. The summed E-state index contributed by atoms with van der Waals surface area (Å²) >= 11 is 5.44. The summed E-state index contributed by atoms with van der Waals surface area (Å²) in [5.74, 6) is 1.96. The molecule has 0 aliphatic heterocycles. The van der Waals surface area contributed by atoms with Crippen molar-refractivity contribution >= 4 is 11.6 Å². The van der Waals surface area contributed by atoms with Gasteiger partial charge in [-0.05, 0) is 13.0 Å². The summed E-state index contributed by atoms with van der Waals surface area (Å²) in [6, 6.07) is 1.47. The average molecular weight is 250 g/mol. The molecule has 1 aromatic rings. The molecule has 0 radical (unpaired) electrons. The van der Waals surface area contributed by atoms with Crippen LogP contribution in [0.25, 0.3) is 0 Å². The Balaban J connectivity index is 3.05. The highest BCUT2D eigenvalue weighted by atomic mass is 35.5. The number of hydrogen-bond acceptors (Lipinski definition) is 2. The third-order valence-electron chi connectivity index (χ3n) is 1.63. The van der Waals surface area contributed by atoms with Gasteiger partial charge in [-0.2, -0.15) is 13.2 Å². The highest BCUT2D eigenvalue weighted by Gasteiger charge is 2.31. The molecule has 1 rings (SSSR count). The van der Waals surface area contributed by atoms with Crippen LogP contribution >= 0.6 is 11.6 Å². The zero-order valence-electron chi connectivity index (χ0n) is 8.18. The lowest BCUT2D eigenvalue weighted by molar-refractivity contribution is -0.137. The molecule has 0 N–H and O–H groups in total. The van der Waals surface area contributed by atoms with Crippen molar-refractivity contribution in [1.29, 1.82) is 0 Å². The second-order valence-corrected chi connectivity index (χ2v) is 3.33. The molecule has 0 aromatic carbocycles. The van der Waals surface area contributed by atoms with Crippen molar-refractivity contribution in [1.82, 2.24) is 4.98 Å². The number of halogens is 4. The third-order valence-corrected chi connectivity index (χ3v) is 1.82. The topological polar surface area (TPSA) is 22.1 Å². The van der Waals surface area contributed by atoms with E-state index in [0.717, 1.165) is 12.1 Å². The first-order chi connectivity index (χ1) is 7.32.